The molecule has 0 bridgehead atoms. The van der Waals surface area contributed by atoms with E-state index in [9.17, 15) is 4.39 Å². The molecule has 0 aliphatic heterocycles. The minimum absolute atomic E-state index is 0.0642. The first-order chi connectivity index (χ1) is 5.65. The molecule has 0 heterocycles. The van der Waals surface area contributed by atoms with Crippen LogP contribution in [-0.4, -0.2) is 12.7 Å². The predicted octanol–water partition coefficient (Wildman–Crippen LogP) is 1.88. The molecule has 0 aliphatic carbocycles. The van der Waals surface area contributed by atoms with Crippen molar-refractivity contribution < 1.29 is 14.1 Å². The highest BCUT2D eigenvalue weighted by molar-refractivity contribution is 9.10. The fourth-order valence-corrected chi connectivity index (χ4v) is 1.15. The van der Waals surface area contributed by atoms with Crippen LogP contribution in [0.1, 0.15) is 0 Å². The molecule has 0 spiro atoms. The summed E-state index contributed by atoms with van der Waals surface area (Å²) in [6.45, 7) is 0. The molecule has 0 aromatic heterocycles. The summed E-state index contributed by atoms with van der Waals surface area (Å²) in [5.74, 6) is -0.633. The first-order valence-corrected chi connectivity index (χ1v) is 4.20. The maximum atomic E-state index is 12.9. The normalized spacial score (nSPS) is 9.67. The van der Waals surface area contributed by atoms with Crippen molar-refractivity contribution in [2.24, 2.45) is 0 Å². The molecule has 1 N–H and O–H groups in total. The van der Waals surface area contributed by atoms with Gasteiger partial charge in [0.05, 0.1) is 5.02 Å². The van der Waals surface area contributed by atoms with Crippen LogP contribution in [0.15, 0.2) is 16.6 Å². The van der Waals surface area contributed by atoms with E-state index in [4.69, 9.17) is 16.6 Å². The minimum Gasteiger partial charge on any atom is -0.537 e. The zero-order chi connectivity index (χ0) is 9.14. The molecule has 1 aromatic carbocycles. The fraction of sp³-hybridized carbons (Fsp3) is 0. The van der Waals surface area contributed by atoms with Gasteiger partial charge in [0, 0.05) is 10.5 Å². The quantitative estimate of drug-likeness (QED) is 0.644. The highest BCUT2D eigenvalue weighted by atomic mass is 79.9. The molecule has 2 nitrogen and oxygen atoms in total. The summed E-state index contributed by atoms with van der Waals surface area (Å²) in [6.07, 6.45) is 0. The van der Waals surface area contributed by atoms with Crippen LogP contribution in [0.3, 0.4) is 0 Å². The zero-order valence-electron chi connectivity index (χ0n) is 5.85. The molecule has 0 unspecified atom stereocenters. The topological polar surface area (TPSA) is 29.5 Å². The number of halogens is 3. The molecule has 1 aromatic rings. The predicted molar refractivity (Wildman–Crippen MR) is 49.1 cm³/mol. The van der Waals surface area contributed by atoms with Crippen molar-refractivity contribution >= 4 is 35.2 Å². The van der Waals surface area contributed by atoms with Crippen molar-refractivity contribution in [1.29, 1.82) is 0 Å². The Morgan fingerprint density at radius 2 is 2.25 bits per heavy atom. The summed E-state index contributed by atoms with van der Waals surface area (Å²) in [7, 11) is -0.575. The Balaban J connectivity index is 3.05. The molecule has 64 valence electrons. The summed E-state index contributed by atoms with van der Waals surface area (Å²) in [5.41, 5.74) is 0. The van der Waals surface area contributed by atoms with E-state index in [1.165, 1.54) is 12.1 Å². The number of rotatable bonds is 2. The second kappa shape index (κ2) is 4.12. The SMILES string of the molecule is OBOc1cc(Cl)c(Br)cc1F. The van der Waals surface area contributed by atoms with Gasteiger partial charge in [0.15, 0.2) is 5.82 Å². The number of hydrogen-bond acceptors (Lipinski definition) is 2. The molecule has 0 aliphatic rings. The van der Waals surface area contributed by atoms with E-state index in [1.54, 1.807) is 0 Å². The van der Waals surface area contributed by atoms with Crippen molar-refractivity contribution in [1.82, 2.24) is 0 Å². The Kier molecular flexibility index (Phi) is 3.37. The first kappa shape index (κ1) is 9.83. The van der Waals surface area contributed by atoms with Gasteiger partial charge < -0.3 is 9.68 Å². The molecular weight excluding hydrogens is 249 g/mol. The highest BCUT2D eigenvalue weighted by Crippen LogP contribution is 2.29. The standard InChI is InChI=1S/C6H4BBrClFO2/c8-3-1-5(10)6(12-7-11)2-4(3)9/h1-2,7,11H. The Labute approximate surface area is 82.7 Å². The van der Waals surface area contributed by atoms with E-state index in [0.29, 0.717) is 9.50 Å². The van der Waals surface area contributed by atoms with E-state index >= 15 is 0 Å². The van der Waals surface area contributed by atoms with Gasteiger partial charge in [-0.2, -0.15) is 0 Å². The molecule has 0 atom stereocenters. The van der Waals surface area contributed by atoms with Crippen molar-refractivity contribution in [2.45, 2.75) is 0 Å². The molecule has 0 saturated heterocycles. The van der Waals surface area contributed by atoms with Crippen LogP contribution in [0.4, 0.5) is 4.39 Å². The van der Waals surface area contributed by atoms with E-state index in [2.05, 4.69) is 20.6 Å². The molecule has 6 heteroatoms. The molecule has 0 saturated carbocycles. The minimum atomic E-state index is -0.575. The van der Waals surface area contributed by atoms with Crippen LogP contribution in [0, 0.1) is 5.82 Å². The largest absolute Gasteiger partial charge is 0.537 e. The smallest absolute Gasteiger partial charge is 0.504 e. The Hall–Kier alpha value is -0.255. The molecule has 12 heavy (non-hydrogen) atoms. The maximum Gasteiger partial charge on any atom is 0.504 e. The van der Waals surface area contributed by atoms with Gasteiger partial charge >= 0.3 is 7.69 Å². The Morgan fingerprint density at radius 1 is 1.58 bits per heavy atom. The highest BCUT2D eigenvalue weighted by Gasteiger charge is 2.07. The summed E-state index contributed by atoms with van der Waals surface area (Å²) >= 11 is 8.69. The van der Waals surface area contributed by atoms with Crippen LogP contribution in [0.25, 0.3) is 0 Å². The number of benzene rings is 1. The monoisotopic (exact) mass is 252 g/mol. The summed E-state index contributed by atoms with van der Waals surface area (Å²) in [6, 6.07) is 2.46. The summed E-state index contributed by atoms with van der Waals surface area (Å²) in [4.78, 5) is 0. The van der Waals surface area contributed by atoms with Gasteiger partial charge in [0.1, 0.15) is 5.75 Å². The Morgan fingerprint density at radius 3 is 2.83 bits per heavy atom. The van der Waals surface area contributed by atoms with Gasteiger partial charge in [-0.15, -0.1) is 0 Å². The van der Waals surface area contributed by atoms with E-state index in [0.717, 1.165) is 0 Å². The third-order valence-corrected chi connectivity index (χ3v) is 2.39. The molecule has 1 rings (SSSR count). The van der Waals surface area contributed by atoms with Crippen molar-refractivity contribution in [3.05, 3.63) is 27.4 Å². The van der Waals surface area contributed by atoms with E-state index < -0.39 is 13.5 Å². The lowest BCUT2D eigenvalue weighted by Crippen LogP contribution is -2.01. The van der Waals surface area contributed by atoms with E-state index in [-0.39, 0.29) is 5.75 Å². The number of hydrogen-bond donors (Lipinski definition) is 1. The second-order valence-corrected chi connectivity index (χ2v) is 3.23. The lowest BCUT2D eigenvalue weighted by molar-refractivity contribution is 0.431. The van der Waals surface area contributed by atoms with Gasteiger partial charge in [-0.1, -0.05) is 11.6 Å². The molecule has 0 fully saturated rings. The van der Waals surface area contributed by atoms with Crippen molar-refractivity contribution in [2.75, 3.05) is 0 Å². The van der Waals surface area contributed by atoms with Crippen molar-refractivity contribution in [3.8, 4) is 5.75 Å². The van der Waals surface area contributed by atoms with Crippen LogP contribution in [-0.2, 0) is 0 Å². The van der Waals surface area contributed by atoms with Gasteiger partial charge in [-0.25, -0.2) is 4.39 Å². The van der Waals surface area contributed by atoms with Crippen LogP contribution >= 0.6 is 27.5 Å². The Bertz CT molecular complexity index is 297. The summed E-state index contributed by atoms with van der Waals surface area (Å²) < 4.78 is 17.9. The lowest BCUT2D eigenvalue weighted by Gasteiger charge is -2.04. The molecular formula is C6H4BBrClFO2. The molecule has 0 radical (unpaired) electrons. The van der Waals surface area contributed by atoms with Crippen LogP contribution in [0.5, 0.6) is 5.75 Å². The van der Waals surface area contributed by atoms with Crippen LogP contribution in [0.2, 0.25) is 5.02 Å². The lowest BCUT2D eigenvalue weighted by atomic mass is 10.3. The second-order valence-electron chi connectivity index (χ2n) is 1.97. The summed E-state index contributed by atoms with van der Waals surface area (Å²) in [5, 5.41) is 8.69. The van der Waals surface area contributed by atoms with Crippen molar-refractivity contribution in [3.63, 3.8) is 0 Å². The molecule has 0 amide bonds. The first-order valence-electron chi connectivity index (χ1n) is 3.03. The van der Waals surface area contributed by atoms with Crippen LogP contribution < -0.4 is 4.65 Å². The van der Waals surface area contributed by atoms with Gasteiger partial charge in [0.2, 0.25) is 0 Å². The van der Waals surface area contributed by atoms with Gasteiger partial charge in [0.25, 0.3) is 0 Å². The zero-order valence-corrected chi connectivity index (χ0v) is 8.19. The van der Waals surface area contributed by atoms with E-state index in [1.807, 2.05) is 0 Å². The van der Waals surface area contributed by atoms with Gasteiger partial charge in [-0.05, 0) is 22.0 Å². The maximum absolute atomic E-state index is 12.9. The van der Waals surface area contributed by atoms with Gasteiger partial charge in [-0.3, -0.25) is 0 Å². The third-order valence-electron chi connectivity index (χ3n) is 1.19. The fourth-order valence-electron chi connectivity index (χ4n) is 0.684. The average molecular weight is 253 g/mol. The average Bonchev–Trinajstić information content (AvgIpc) is 2.01. The third kappa shape index (κ3) is 2.12.